The topological polar surface area (TPSA) is 72.9 Å². The predicted octanol–water partition coefficient (Wildman–Crippen LogP) is 1.17. The lowest BCUT2D eigenvalue weighted by molar-refractivity contribution is 0.0705. The van der Waals surface area contributed by atoms with Crippen molar-refractivity contribution < 1.29 is 22.7 Å². The normalized spacial score (nSPS) is 23.0. The van der Waals surface area contributed by atoms with Crippen LogP contribution >= 0.6 is 11.3 Å². The maximum absolute atomic E-state index is 12.7. The Morgan fingerprint density at radius 1 is 1.43 bits per heavy atom. The summed E-state index contributed by atoms with van der Waals surface area (Å²) in [6.07, 6.45) is 0.507. The van der Waals surface area contributed by atoms with Crippen LogP contribution < -0.4 is 9.47 Å². The van der Waals surface area contributed by atoms with Gasteiger partial charge in [0.1, 0.15) is 18.1 Å². The number of thiophene rings is 1. The van der Waals surface area contributed by atoms with Gasteiger partial charge < -0.3 is 14.4 Å². The van der Waals surface area contributed by atoms with Gasteiger partial charge in [-0.3, -0.25) is 4.79 Å². The van der Waals surface area contributed by atoms with Gasteiger partial charge in [-0.15, -0.1) is 11.3 Å². The molecule has 0 saturated carbocycles. The van der Waals surface area contributed by atoms with Crippen LogP contribution in [-0.2, 0) is 9.84 Å². The molecule has 1 aromatic heterocycles. The summed E-state index contributed by atoms with van der Waals surface area (Å²) in [5.41, 5.74) is 0. The summed E-state index contributed by atoms with van der Waals surface area (Å²) in [5.74, 6) is 1.14. The van der Waals surface area contributed by atoms with Crippen LogP contribution in [0.3, 0.4) is 0 Å². The minimum Gasteiger partial charge on any atom is -0.485 e. The molecule has 0 N–H and O–H groups in total. The Kier molecular flexibility index (Phi) is 3.83. The van der Waals surface area contributed by atoms with Gasteiger partial charge in [-0.05, 0) is 13.3 Å². The van der Waals surface area contributed by atoms with E-state index in [0.717, 1.165) is 0 Å². The van der Waals surface area contributed by atoms with Gasteiger partial charge >= 0.3 is 0 Å². The van der Waals surface area contributed by atoms with Gasteiger partial charge in [-0.25, -0.2) is 8.42 Å². The fraction of sp³-hybridized carbons (Fsp3) is 0.615. The van der Waals surface area contributed by atoms with Crippen LogP contribution in [-0.4, -0.2) is 56.5 Å². The second-order valence-electron chi connectivity index (χ2n) is 5.10. The summed E-state index contributed by atoms with van der Waals surface area (Å²) in [7, 11) is -3.02. The molecule has 0 aliphatic carbocycles. The van der Waals surface area contributed by atoms with Crippen LogP contribution in [0.1, 0.15) is 23.0 Å². The van der Waals surface area contributed by atoms with Gasteiger partial charge in [0.25, 0.3) is 5.91 Å². The standard InChI is InChI=1S/C13H17NO5S2/c1-2-14(9-3-6-21(16,17)8-9)13(15)12-11-10(7-20-12)18-4-5-19-11/h7,9H,2-6,8H2,1H3. The average Bonchev–Trinajstić information content (AvgIpc) is 3.03. The average molecular weight is 331 g/mol. The lowest BCUT2D eigenvalue weighted by atomic mass is 10.2. The van der Waals surface area contributed by atoms with Crippen molar-refractivity contribution in [2.24, 2.45) is 0 Å². The van der Waals surface area contributed by atoms with Gasteiger partial charge in [-0.2, -0.15) is 0 Å². The van der Waals surface area contributed by atoms with E-state index in [4.69, 9.17) is 9.47 Å². The van der Waals surface area contributed by atoms with E-state index in [0.29, 0.717) is 42.6 Å². The number of fused-ring (bicyclic) bond motifs is 1. The molecule has 0 spiro atoms. The van der Waals surface area contributed by atoms with Gasteiger partial charge in [0.2, 0.25) is 0 Å². The van der Waals surface area contributed by atoms with E-state index in [1.807, 2.05) is 6.92 Å². The van der Waals surface area contributed by atoms with Crippen molar-refractivity contribution in [3.05, 3.63) is 10.3 Å². The quantitative estimate of drug-likeness (QED) is 0.831. The van der Waals surface area contributed by atoms with Gasteiger partial charge in [0, 0.05) is 18.0 Å². The van der Waals surface area contributed by atoms with E-state index >= 15 is 0 Å². The maximum atomic E-state index is 12.7. The minimum absolute atomic E-state index is 0.0531. The highest BCUT2D eigenvalue weighted by Crippen LogP contribution is 2.40. The molecule has 1 atom stereocenters. The van der Waals surface area contributed by atoms with Crippen molar-refractivity contribution in [3.8, 4) is 11.5 Å². The highest BCUT2D eigenvalue weighted by Gasteiger charge is 2.36. The summed E-state index contributed by atoms with van der Waals surface area (Å²) < 4.78 is 34.2. The zero-order chi connectivity index (χ0) is 15.0. The van der Waals surface area contributed by atoms with E-state index in [1.54, 1.807) is 10.3 Å². The first-order valence-electron chi connectivity index (χ1n) is 6.90. The molecule has 1 amide bonds. The first kappa shape index (κ1) is 14.6. The molecule has 2 aliphatic rings. The molecular formula is C13H17NO5S2. The van der Waals surface area contributed by atoms with Crippen molar-refractivity contribution in [1.82, 2.24) is 4.90 Å². The monoisotopic (exact) mass is 331 g/mol. The summed E-state index contributed by atoms with van der Waals surface area (Å²) in [5, 5.41) is 1.76. The zero-order valence-corrected chi connectivity index (χ0v) is 13.3. The number of hydrogen-bond acceptors (Lipinski definition) is 6. The van der Waals surface area contributed by atoms with Crippen LogP contribution in [0.4, 0.5) is 0 Å². The van der Waals surface area contributed by atoms with Crippen LogP contribution in [0.5, 0.6) is 11.5 Å². The second-order valence-corrected chi connectivity index (χ2v) is 8.21. The molecule has 1 saturated heterocycles. The molecule has 0 bridgehead atoms. The molecule has 0 radical (unpaired) electrons. The van der Waals surface area contributed by atoms with Crippen molar-refractivity contribution in [2.45, 2.75) is 19.4 Å². The highest BCUT2D eigenvalue weighted by molar-refractivity contribution is 7.91. The predicted molar refractivity (Wildman–Crippen MR) is 79.1 cm³/mol. The number of carbonyl (C=O) groups excluding carboxylic acids is 1. The Morgan fingerprint density at radius 3 is 2.86 bits per heavy atom. The third-order valence-corrected chi connectivity index (χ3v) is 6.42. The summed E-state index contributed by atoms with van der Waals surface area (Å²) >= 11 is 1.29. The van der Waals surface area contributed by atoms with E-state index in [2.05, 4.69) is 0 Å². The number of sulfone groups is 1. The first-order chi connectivity index (χ1) is 10.0. The largest absolute Gasteiger partial charge is 0.485 e. The molecule has 21 heavy (non-hydrogen) atoms. The molecule has 3 heterocycles. The minimum atomic E-state index is -3.02. The number of carbonyl (C=O) groups is 1. The summed E-state index contributed by atoms with van der Waals surface area (Å²) in [4.78, 5) is 14.8. The molecule has 2 aliphatic heterocycles. The number of nitrogens with zero attached hydrogens (tertiary/aromatic N) is 1. The Morgan fingerprint density at radius 2 is 2.19 bits per heavy atom. The Balaban J connectivity index is 1.84. The van der Waals surface area contributed by atoms with Crippen molar-refractivity contribution in [2.75, 3.05) is 31.3 Å². The first-order valence-corrected chi connectivity index (χ1v) is 9.60. The number of hydrogen-bond donors (Lipinski definition) is 0. The van der Waals surface area contributed by atoms with Crippen LogP contribution in [0.2, 0.25) is 0 Å². The third-order valence-electron chi connectivity index (χ3n) is 3.75. The Hall–Kier alpha value is -1.28. The fourth-order valence-electron chi connectivity index (χ4n) is 2.73. The second kappa shape index (κ2) is 5.49. The van der Waals surface area contributed by atoms with Crippen molar-refractivity contribution in [3.63, 3.8) is 0 Å². The molecule has 0 aromatic carbocycles. The molecule has 1 aromatic rings. The molecule has 8 heteroatoms. The maximum Gasteiger partial charge on any atom is 0.268 e. The van der Waals surface area contributed by atoms with Gasteiger partial charge in [0.05, 0.1) is 11.5 Å². The van der Waals surface area contributed by atoms with Gasteiger partial charge in [-0.1, -0.05) is 0 Å². The summed E-state index contributed by atoms with van der Waals surface area (Å²) in [6, 6.07) is -0.241. The molecule has 1 unspecified atom stereocenters. The van der Waals surface area contributed by atoms with Crippen molar-refractivity contribution in [1.29, 1.82) is 0 Å². The van der Waals surface area contributed by atoms with Crippen LogP contribution in [0, 0.1) is 0 Å². The Bertz CT molecular complexity index is 652. The molecule has 116 valence electrons. The number of rotatable bonds is 3. The molecule has 6 nitrogen and oxygen atoms in total. The van der Waals surface area contributed by atoms with Crippen molar-refractivity contribution >= 4 is 27.1 Å². The molecular weight excluding hydrogens is 314 g/mol. The number of ether oxygens (including phenoxy) is 2. The Labute approximate surface area is 127 Å². The number of amides is 1. The fourth-order valence-corrected chi connectivity index (χ4v) is 5.35. The molecule has 1 fully saturated rings. The lowest BCUT2D eigenvalue weighted by Gasteiger charge is -2.27. The smallest absolute Gasteiger partial charge is 0.268 e. The molecule has 3 rings (SSSR count). The van der Waals surface area contributed by atoms with Crippen LogP contribution in [0.15, 0.2) is 5.38 Å². The van der Waals surface area contributed by atoms with Crippen LogP contribution in [0.25, 0.3) is 0 Å². The van der Waals surface area contributed by atoms with E-state index in [1.165, 1.54) is 11.3 Å². The zero-order valence-electron chi connectivity index (χ0n) is 11.7. The lowest BCUT2D eigenvalue weighted by Crippen LogP contribution is -2.40. The van der Waals surface area contributed by atoms with E-state index < -0.39 is 9.84 Å². The SMILES string of the molecule is CCN(C(=O)c1scc2c1OCCO2)C1CCS(=O)(=O)C1. The van der Waals surface area contributed by atoms with E-state index in [-0.39, 0.29) is 23.5 Å². The van der Waals surface area contributed by atoms with Gasteiger partial charge in [0.15, 0.2) is 21.3 Å². The van der Waals surface area contributed by atoms with E-state index in [9.17, 15) is 13.2 Å². The highest BCUT2D eigenvalue weighted by atomic mass is 32.2. The summed E-state index contributed by atoms with van der Waals surface area (Å²) in [6.45, 7) is 3.25. The third kappa shape index (κ3) is 2.74.